The predicted molar refractivity (Wildman–Crippen MR) is 58.1 cm³/mol. The molecule has 1 unspecified atom stereocenters. The molecule has 0 radical (unpaired) electrons. The maximum atomic E-state index is 11.4. The highest BCUT2D eigenvalue weighted by Gasteiger charge is 2.24. The van der Waals surface area contributed by atoms with E-state index >= 15 is 0 Å². The number of carbonyl (C=O) groups excluding carboxylic acids is 1. The molecule has 14 heavy (non-hydrogen) atoms. The number of amides is 1. The highest BCUT2D eigenvalue weighted by atomic mass is 16.1. The standard InChI is InChI=1S/C11H22N2O/c1-3-12-8-7-11(14)13-9(2)10-5-4-6-10/h9-10,12H,3-8H2,1-2H3,(H,13,14). The lowest BCUT2D eigenvalue weighted by molar-refractivity contribution is -0.122. The molecule has 2 N–H and O–H groups in total. The largest absolute Gasteiger partial charge is 0.353 e. The van der Waals surface area contributed by atoms with E-state index in [1.165, 1.54) is 19.3 Å². The zero-order chi connectivity index (χ0) is 10.4. The summed E-state index contributed by atoms with van der Waals surface area (Å²) in [6.45, 7) is 5.90. The summed E-state index contributed by atoms with van der Waals surface area (Å²) < 4.78 is 0. The molecule has 1 rings (SSSR count). The normalized spacial score (nSPS) is 18.7. The highest BCUT2D eigenvalue weighted by molar-refractivity contribution is 5.76. The fourth-order valence-electron chi connectivity index (χ4n) is 1.76. The van der Waals surface area contributed by atoms with E-state index in [2.05, 4.69) is 24.5 Å². The van der Waals surface area contributed by atoms with Gasteiger partial charge in [0.15, 0.2) is 0 Å². The fraction of sp³-hybridized carbons (Fsp3) is 0.909. The first-order valence-corrected chi connectivity index (χ1v) is 5.74. The van der Waals surface area contributed by atoms with E-state index in [9.17, 15) is 4.79 Å². The van der Waals surface area contributed by atoms with Crippen molar-refractivity contribution in [2.24, 2.45) is 5.92 Å². The molecule has 0 aromatic rings. The second kappa shape index (κ2) is 6.02. The van der Waals surface area contributed by atoms with Crippen LogP contribution in [0.2, 0.25) is 0 Å². The van der Waals surface area contributed by atoms with Crippen LogP contribution >= 0.6 is 0 Å². The molecule has 0 aromatic carbocycles. The average Bonchev–Trinajstić information content (AvgIpc) is 2.00. The van der Waals surface area contributed by atoms with Crippen LogP contribution in [0.25, 0.3) is 0 Å². The minimum atomic E-state index is 0.186. The van der Waals surface area contributed by atoms with E-state index in [1.54, 1.807) is 0 Å². The van der Waals surface area contributed by atoms with Gasteiger partial charge in [0.05, 0.1) is 0 Å². The lowest BCUT2D eigenvalue weighted by Crippen LogP contribution is -2.41. The van der Waals surface area contributed by atoms with Gasteiger partial charge >= 0.3 is 0 Å². The van der Waals surface area contributed by atoms with Crippen molar-refractivity contribution in [3.05, 3.63) is 0 Å². The Kier molecular flexibility index (Phi) is 4.94. The molecular formula is C11H22N2O. The van der Waals surface area contributed by atoms with E-state index in [4.69, 9.17) is 0 Å². The van der Waals surface area contributed by atoms with Crippen molar-refractivity contribution in [1.82, 2.24) is 10.6 Å². The van der Waals surface area contributed by atoms with Crippen molar-refractivity contribution in [2.75, 3.05) is 13.1 Å². The minimum absolute atomic E-state index is 0.186. The van der Waals surface area contributed by atoms with Crippen LogP contribution in [0.1, 0.15) is 39.5 Å². The van der Waals surface area contributed by atoms with Crippen LogP contribution in [0.5, 0.6) is 0 Å². The van der Waals surface area contributed by atoms with Crippen LogP contribution in [-0.4, -0.2) is 25.0 Å². The smallest absolute Gasteiger partial charge is 0.221 e. The fourth-order valence-corrected chi connectivity index (χ4v) is 1.76. The Balaban J connectivity index is 2.06. The Labute approximate surface area is 86.6 Å². The average molecular weight is 198 g/mol. The predicted octanol–water partition coefficient (Wildman–Crippen LogP) is 1.29. The zero-order valence-electron chi connectivity index (χ0n) is 9.31. The zero-order valence-corrected chi connectivity index (χ0v) is 9.31. The minimum Gasteiger partial charge on any atom is -0.353 e. The van der Waals surface area contributed by atoms with Crippen molar-refractivity contribution in [3.63, 3.8) is 0 Å². The second-order valence-corrected chi connectivity index (χ2v) is 4.15. The maximum absolute atomic E-state index is 11.4. The Hall–Kier alpha value is -0.570. The molecule has 0 aromatic heterocycles. The van der Waals surface area contributed by atoms with Crippen molar-refractivity contribution < 1.29 is 4.79 Å². The van der Waals surface area contributed by atoms with Gasteiger partial charge in [-0.2, -0.15) is 0 Å². The summed E-state index contributed by atoms with van der Waals surface area (Å²) in [7, 11) is 0. The summed E-state index contributed by atoms with van der Waals surface area (Å²) in [5.74, 6) is 0.920. The van der Waals surface area contributed by atoms with Crippen LogP contribution in [0.15, 0.2) is 0 Å². The SMILES string of the molecule is CCNCCC(=O)NC(C)C1CCC1. The summed E-state index contributed by atoms with van der Waals surface area (Å²) in [6, 6.07) is 0.373. The van der Waals surface area contributed by atoms with Gasteiger partial charge < -0.3 is 10.6 Å². The van der Waals surface area contributed by atoms with Gasteiger partial charge in [0.1, 0.15) is 0 Å². The van der Waals surface area contributed by atoms with Gasteiger partial charge in [0.25, 0.3) is 0 Å². The molecular weight excluding hydrogens is 176 g/mol. The summed E-state index contributed by atoms with van der Waals surface area (Å²) in [6.07, 6.45) is 4.51. The third kappa shape index (κ3) is 3.66. The lowest BCUT2D eigenvalue weighted by atomic mass is 9.80. The van der Waals surface area contributed by atoms with Crippen molar-refractivity contribution >= 4 is 5.91 Å². The Bertz CT molecular complexity index is 178. The first-order valence-electron chi connectivity index (χ1n) is 5.74. The molecule has 0 aliphatic heterocycles. The van der Waals surface area contributed by atoms with Gasteiger partial charge in [-0.05, 0) is 32.2 Å². The van der Waals surface area contributed by atoms with Crippen LogP contribution in [0, 0.1) is 5.92 Å². The van der Waals surface area contributed by atoms with Crippen LogP contribution in [0.3, 0.4) is 0 Å². The van der Waals surface area contributed by atoms with Crippen LogP contribution < -0.4 is 10.6 Å². The van der Waals surface area contributed by atoms with Gasteiger partial charge in [-0.1, -0.05) is 13.3 Å². The van der Waals surface area contributed by atoms with Gasteiger partial charge in [-0.15, -0.1) is 0 Å². The van der Waals surface area contributed by atoms with Gasteiger partial charge in [-0.25, -0.2) is 0 Å². The first kappa shape index (κ1) is 11.5. The third-order valence-electron chi connectivity index (χ3n) is 3.02. The van der Waals surface area contributed by atoms with E-state index in [0.29, 0.717) is 12.5 Å². The molecule has 1 aliphatic carbocycles. The van der Waals surface area contributed by atoms with E-state index in [-0.39, 0.29) is 5.91 Å². The monoisotopic (exact) mass is 198 g/mol. The molecule has 0 bridgehead atoms. The summed E-state index contributed by atoms with van der Waals surface area (Å²) in [5, 5.41) is 6.21. The number of hydrogen-bond acceptors (Lipinski definition) is 2. The highest BCUT2D eigenvalue weighted by Crippen LogP contribution is 2.29. The van der Waals surface area contributed by atoms with E-state index in [0.717, 1.165) is 19.0 Å². The molecule has 3 heteroatoms. The number of hydrogen-bond donors (Lipinski definition) is 2. The molecule has 0 saturated heterocycles. The summed E-state index contributed by atoms with van der Waals surface area (Å²) in [5.41, 5.74) is 0. The molecule has 1 saturated carbocycles. The molecule has 1 amide bonds. The van der Waals surface area contributed by atoms with Crippen molar-refractivity contribution in [3.8, 4) is 0 Å². The van der Waals surface area contributed by atoms with E-state index in [1.807, 2.05) is 0 Å². The topological polar surface area (TPSA) is 41.1 Å². The number of carbonyl (C=O) groups is 1. The molecule has 82 valence electrons. The van der Waals surface area contributed by atoms with Crippen LogP contribution in [0.4, 0.5) is 0 Å². The quantitative estimate of drug-likeness (QED) is 0.631. The second-order valence-electron chi connectivity index (χ2n) is 4.15. The maximum Gasteiger partial charge on any atom is 0.221 e. The van der Waals surface area contributed by atoms with E-state index < -0.39 is 0 Å². The number of nitrogens with one attached hydrogen (secondary N) is 2. The summed E-state index contributed by atoms with van der Waals surface area (Å²) in [4.78, 5) is 11.4. The molecule has 0 spiro atoms. The Morgan fingerprint density at radius 2 is 2.21 bits per heavy atom. The third-order valence-corrected chi connectivity index (χ3v) is 3.02. The molecule has 0 heterocycles. The molecule has 1 fully saturated rings. The van der Waals surface area contributed by atoms with Gasteiger partial charge in [0, 0.05) is 19.0 Å². The van der Waals surface area contributed by atoms with Gasteiger partial charge in [-0.3, -0.25) is 4.79 Å². The van der Waals surface area contributed by atoms with Gasteiger partial charge in [0.2, 0.25) is 5.91 Å². The molecule has 1 atom stereocenters. The first-order chi connectivity index (χ1) is 6.74. The summed E-state index contributed by atoms with van der Waals surface area (Å²) >= 11 is 0. The van der Waals surface area contributed by atoms with Crippen molar-refractivity contribution in [1.29, 1.82) is 0 Å². The van der Waals surface area contributed by atoms with Crippen molar-refractivity contribution in [2.45, 2.75) is 45.6 Å². The molecule has 3 nitrogen and oxygen atoms in total. The lowest BCUT2D eigenvalue weighted by Gasteiger charge is -2.31. The Morgan fingerprint density at radius 3 is 2.71 bits per heavy atom. The Morgan fingerprint density at radius 1 is 1.50 bits per heavy atom. The molecule has 1 aliphatic rings. The number of rotatable bonds is 6. The van der Waals surface area contributed by atoms with Crippen LogP contribution in [-0.2, 0) is 4.79 Å².